The Morgan fingerprint density at radius 3 is 2.59 bits per heavy atom. The second-order valence-corrected chi connectivity index (χ2v) is 14.1. The number of carbonyl (C=O) groups is 1. The molecule has 5 fully saturated rings. The quantitative estimate of drug-likeness (QED) is 0.435. The summed E-state index contributed by atoms with van der Waals surface area (Å²) < 4.78 is 18.8. The zero-order valence-corrected chi connectivity index (χ0v) is 22.8. The molecule has 2 aliphatic heterocycles. The summed E-state index contributed by atoms with van der Waals surface area (Å²) in [7, 11) is 1.78. The van der Waals surface area contributed by atoms with Crippen molar-refractivity contribution in [3.63, 3.8) is 0 Å². The zero-order valence-electron chi connectivity index (χ0n) is 22.8. The van der Waals surface area contributed by atoms with Crippen LogP contribution in [0.25, 0.3) is 0 Å². The van der Waals surface area contributed by atoms with E-state index in [1.807, 2.05) is 6.92 Å². The van der Waals surface area contributed by atoms with Crippen molar-refractivity contribution in [2.24, 2.45) is 22.7 Å². The zero-order chi connectivity index (χ0) is 26.2. The van der Waals surface area contributed by atoms with E-state index in [0.717, 1.165) is 51.1 Å². The number of carboxylic acid groups (broad SMARTS) is 1. The summed E-state index contributed by atoms with van der Waals surface area (Å²) in [4.78, 5) is 14.4. The van der Waals surface area contributed by atoms with E-state index in [2.05, 4.69) is 31.7 Å². The summed E-state index contributed by atoms with van der Waals surface area (Å²) in [6, 6.07) is 4.24. The minimum absolute atomic E-state index is 0.0644. The van der Waals surface area contributed by atoms with Gasteiger partial charge in [-0.25, -0.2) is 4.79 Å². The van der Waals surface area contributed by atoms with Gasteiger partial charge in [0.25, 0.3) is 0 Å². The van der Waals surface area contributed by atoms with Gasteiger partial charge in [0.2, 0.25) is 0 Å². The molecule has 2 N–H and O–H groups in total. The molecule has 2 heterocycles. The number of piperidine rings is 1. The van der Waals surface area contributed by atoms with Crippen LogP contribution in [0.3, 0.4) is 0 Å². The van der Waals surface area contributed by atoms with Crippen LogP contribution in [0.2, 0.25) is 0 Å². The minimum atomic E-state index is -1.33. The van der Waals surface area contributed by atoms with E-state index in [-0.39, 0.29) is 34.0 Å². The first kappa shape index (κ1) is 24.2. The molecule has 1 saturated heterocycles. The van der Waals surface area contributed by atoms with Crippen molar-refractivity contribution in [3.8, 4) is 11.5 Å². The highest BCUT2D eigenvalue weighted by atomic mass is 16.7. The lowest BCUT2D eigenvalue weighted by atomic mass is 9.33. The summed E-state index contributed by atoms with van der Waals surface area (Å²) in [5.41, 5.74) is 0.110. The second-order valence-electron chi connectivity index (χ2n) is 14.1. The number of ether oxygens (including phenoxy) is 3. The van der Waals surface area contributed by atoms with E-state index in [0.29, 0.717) is 11.8 Å². The van der Waals surface area contributed by atoms with Gasteiger partial charge >= 0.3 is 6.16 Å². The molecule has 2 unspecified atom stereocenters. The number of aliphatic hydroxyl groups is 1. The van der Waals surface area contributed by atoms with E-state index >= 15 is 0 Å². The van der Waals surface area contributed by atoms with Crippen molar-refractivity contribution < 1.29 is 29.2 Å². The maximum absolute atomic E-state index is 12.3. The maximum Gasteiger partial charge on any atom is 0.511 e. The Kier molecular flexibility index (Phi) is 4.73. The second kappa shape index (κ2) is 7.22. The van der Waals surface area contributed by atoms with E-state index in [1.165, 1.54) is 24.0 Å². The van der Waals surface area contributed by atoms with Crippen LogP contribution in [0.1, 0.15) is 77.3 Å². The molecule has 37 heavy (non-hydrogen) atoms. The van der Waals surface area contributed by atoms with Gasteiger partial charge < -0.3 is 24.4 Å². The van der Waals surface area contributed by atoms with Gasteiger partial charge in [-0.2, -0.15) is 0 Å². The van der Waals surface area contributed by atoms with Gasteiger partial charge in [0.1, 0.15) is 11.7 Å². The standard InChI is InChI=1S/C30H41NO6/c1-26(2,3)27(4,34)20-15-28-10-11-30(20,35-5)24-29(28)12-13-31(16-17-6-7-17)21(28)14-18-8-9-19(36-25(32)33)23(37-24)22(18)29/h8-9,17,20-21,24,34H,6-7,10-16H2,1-5H3,(H,32,33)/t20-,21?,24-,27?,28-,29+,30-/m1/s1. The number of hydrogen-bond donors (Lipinski definition) is 2. The Bertz CT molecular complexity index is 1170. The maximum atomic E-state index is 12.3. The molecule has 202 valence electrons. The SMILES string of the molecule is CO[C@]12CC[C@@]3(C[C@@H]1C(C)(O)C(C)(C)C)C1Cc4ccc(OC(=O)O)c5c4[C@@]3(CCN1CC1CC1)[C@H]2O5. The molecule has 5 aliphatic carbocycles. The van der Waals surface area contributed by atoms with Crippen molar-refractivity contribution in [2.45, 2.75) is 101 Å². The minimum Gasteiger partial charge on any atom is -0.482 e. The Labute approximate surface area is 219 Å². The molecule has 2 spiro atoms. The van der Waals surface area contributed by atoms with Gasteiger partial charge in [0, 0.05) is 42.0 Å². The highest BCUT2D eigenvalue weighted by Gasteiger charge is 2.82. The number of likely N-dealkylation sites (tertiary alicyclic amines) is 1. The average molecular weight is 512 g/mol. The molecule has 4 bridgehead atoms. The summed E-state index contributed by atoms with van der Waals surface area (Å²) in [5.74, 6) is 1.58. The van der Waals surface area contributed by atoms with Crippen LogP contribution < -0.4 is 9.47 Å². The Hall–Kier alpha value is -1.83. The topological polar surface area (TPSA) is 88.5 Å². The van der Waals surface area contributed by atoms with Crippen LogP contribution in [-0.4, -0.2) is 64.8 Å². The lowest BCUT2D eigenvalue weighted by molar-refractivity contribution is -0.312. The van der Waals surface area contributed by atoms with Gasteiger partial charge in [0.15, 0.2) is 11.5 Å². The highest BCUT2D eigenvalue weighted by Crippen LogP contribution is 2.78. The Morgan fingerprint density at radius 2 is 1.95 bits per heavy atom. The molecule has 0 radical (unpaired) electrons. The number of nitrogens with zero attached hydrogens (tertiary/aromatic N) is 1. The monoisotopic (exact) mass is 511 g/mol. The summed E-state index contributed by atoms with van der Waals surface area (Å²) >= 11 is 0. The fourth-order valence-electron chi connectivity index (χ4n) is 9.74. The molecule has 7 aliphatic rings. The molecule has 4 saturated carbocycles. The van der Waals surface area contributed by atoms with E-state index in [9.17, 15) is 15.0 Å². The average Bonchev–Trinajstić information content (AvgIpc) is 3.57. The van der Waals surface area contributed by atoms with Crippen LogP contribution in [0, 0.1) is 22.7 Å². The van der Waals surface area contributed by atoms with Crippen molar-refractivity contribution in [2.75, 3.05) is 20.2 Å². The van der Waals surface area contributed by atoms with Gasteiger partial charge in [-0.15, -0.1) is 0 Å². The number of fused-ring (bicyclic) bond motifs is 2. The van der Waals surface area contributed by atoms with Crippen molar-refractivity contribution >= 4 is 6.16 Å². The molecule has 0 amide bonds. The fourth-order valence-corrected chi connectivity index (χ4v) is 9.74. The molecule has 7 atom stereocenters. The van der Waals surface area contributed by atoms with Crippen molar-refractivity contribution in [1.82, 2.24) is 4.90 Å². The van der Waals surface area contributed by atoms with Crippen LogP contribution in [-0.2, 0) is 16.6 Å². The predicted octanol–water partition coefficient (Wildman–Crippen LogP) is 4.77. The fraction of sp³-hybridized carbons (Fsp3) is 0.767. The molecule has 7 nitrogen and oxygen atoms in total. The third-order valence-electron chi connectivity index (χ3n) is 12.0. The van der Waals surface area contributed by atoms with Crippen molar-refractivity contribution in [1.29, 1.82) is 0 Å². The first-order chi connectivity index (χ1) is 17.4. The van der Waals surface area contributed by atoms with Crippen LogP contribution >= 0.6 is 0 Å². The van der Waals surface area contributed by atoms with E-state index in [4.69, 9.17) is 14.2 Å². The number of hydrogen-bond acceptors (Lipinski definition) is 6. The lowest BCUT2D eigenvalue weighted by Crippen LogP contribution is -2.83. The first-order valence-corrected chi connectivity index (χ1v) is 14.2. The van der Waals surface area contributed by atoms with Crippen molar-refractivity contribution in [3.05, 3.63) is 23.3 Å². The smallest absolute Gasteiger partial charge is 0.482 e. The summed E-state index contributed by atoms with van der Waals surface area (Å²) in [5, 5.41) is 21.8. The van der Waals surface area contributed by atoms with Gasteiger partial charge in [-0.3, -0.25) is 4.90 Å². The normalized spacial score (nSPS) is 41.1. The first-order valence-electron chi connectivity index (χ1n) is 14.2. The third kappa shape index (κ3) is 2.76. The molecule has 8 rings (SSSR count). The predicted molar refractivity (Wildman–Crippen MR) is 137 cm³/mol. The molecular weight excluding hydrogens is 470 g/mol. The van der Waals surface area contributed by atoms with Gasteiger partial charge in [-0.05, 0) is 81.4 Å². The number of methoxy groups -OCH3 is 1. The Balaban J connectivity index is 1.47. The number of benzene rings is 1. The molecule has 7 heteroatoms. The third-order valence-corrected chi connectivity index (χ3v) is 12.0. The summed E-state index contributed by atoms with van der Waals surface area (Å²) in [6.45, 7) is 10.5. The largest absolute Gasteiger partial charge is 0.511 e. The number of rotatable bonds is 5. The van der Waals surface area contributed by atoms with Crippen LogP contribution in [0.15, 0.2) is 12.1 Å². The molecular formula is C30H41NO6. The Morgan fingerprint density at radius 1 is 1.19 bits per heavy atom. The van der Waals surface area contributed by atoms with Crippen LogP contribution in [0.5, 0.6) is 11.5 Å². The highest BCUT2D eigenvalue weighted by molar-refractivity contribution is 5.68. The molecule has 0 aromatic heterocycles. The van der Waals surface area contributed by atoms with E-state index < -0.39 is 17.4 Å². The van der Waals surface area contributed by atoms with Crippen LogP contribution in [0.4, 0.5) is 4.79 Å². The molecule has 1 aromatic rings. The lowest BCUT2D eigenvalue weighted by Gasteiger charge is -2.75. The van der Waals surface area contributed by atoms with E-state index in [1.54, 1.807) is 13.2 Å². The summed E-state index contributed by atoms with van der Waals surface area (Å²) in [6.07, 6.45) is 5.70. The molecule has 1 aromatic carbocycles. The van der Waals surface area contributed by atoms with Gasteiger partial charge in [-0.1, -0.05) is 26.8 Å². The van der Waals surface area contributed by atoms with Gasteiger partial charge in [0.05, 0.1) is 5.60 Å².